The molecule has 2 aliphatic rings. The molecule has 2 aromatic rings. The van der Waals surface area contributed by atoms with Crippen LogP contribution in [-0.2, 0) is 0 Å². The number of nitrogens with one attached hydrogen (secondary N) is 2. The van der Waals surface area contributed by atoms with Crippen LogP contribution in [0.3, 0.4) is 0 Å². The summed E-state index contributed by atoms with van der Waals surface area (Å²) in [7, 11) is 0. The Morgan fingerprint density at radius 2 is 1.93 bits per heavy atom. The number of carbonyl (C=O) groups is 2. The van der Waals surface area contributed by atoms with Crippen LogP contribution in [0.5, 0.6) is 0 Å². The first kappa shape index (κ1) is 17.5. The summed E-state index contributed by atoms with van der Waals surface area (Å²) in [6, 6.07) is 7.43. The van der Waals surface area contributed by atoms with Gasteiger partial charge in [-0.2, -0.15) is 0 Å². The van der Waals surface area contributed by atoms with E-state index in [4.69, 9.17) is 0 Å². The Labute approximate surface area is 157 Å². The van der Waals surface area contributed by atoms with Gasteiger partial charge in [-0.3, -0.25) is 9.59 Å². The van der Waals surface area contributed by atoms with Crippen LogP contribution in [-0.4, -0.2) is 39.4 Å². The topological polar surface area (TPSA) is 88.9 Å². The second-order valence-corrected chi connectivity index (χ2v) is 7.05. The second-order valence-electron chi connectivity index (χ2n) is 7.05. The molecule has 2 saturated carbocycles. The van der Waals surface area contributed by atoms with Crippen LogP contribution in [0.25, 0.3) is 11.8 Å². The van der Waals surface area contributed by atoms with E-state index in [2.05, 4.69) is 20.9 Å². The Morgan fingerprint density at radius 3 is 2.52 bits per heavy atom. The van der Waals surface area contributed by atoms with Crippen molar-refractivity contribution in [1.82, 2.24) is 25.6 Å². The third kappa shape index (κ3) is 3.77. The summed E-state index contributed by atoms with van der Waals surface area (Å²) < 4.78 is 1.68. The van der Waals surface area contributed by atoms with Gasteiger partial charge in [-0.05, 0) is 69.4 Å². The van der Waals surface area contributed by atoms with Crippen molar-refractivity contribution < 1.29 is 9.59 Å². The summed E-state index contributed by atoms with van der Waals surface area (Å²) in [5.41, 5.74) is 3.72. The van der Waals surface area contributed by atoms with Gasteiger partial charge in [0.25, 0.3) is 11.8 Å². The number of allylic oxidation sites excluding steroid dienone is 1. The minimum Gasteiger partial charge on any atom is -0.352 e. The van der Waals surface area contributed by atoms with Gasteiger partial charge in [-0.15, -0.1) is 5.10 Å². The quantitative estimate of drug-likeness (QED) is 0.823. The summed E-state index contributed by atoms with van der Waals surface area (Å²) in [5.74, 6) is -0.280. The maximum Gasteiger partial charge on any atom is 0.274 e. The van der Waals surface area contributed by atoms with Crippen LogP contribution in [0.1, 0.15) is 65.6 Å². The highest BCUT2D eigenvalue weighted by Gasteiger charge is 2.27. The lowest BCUT2D eigenvalue weighted by molar-refractivity contribution is 0.0941. The van der Waals surface area contributed by atoms with Crippen molar-refractivity contribution in [3.63, 3.8) is 0 Å². The third-order valence-corrected chi connectivity index (χ3v) is 4.88. The number of rotatable bonds is 6. The molecule has 1 aromatic carbocycles. The molecule has 27 heavy (non-hydrogen) atoms. The molecule has 2 fully saturated rings. The molecule has 7 heteroatoms. The zero-order valence-electron chi connectivity index (χ0n) is 15.4. The van der Waals surface area contributed by atoms with Crippen molar-refractivity contribution in [1.29, 1.82) is 0 Å². The number of hydrogen-bond acceptors (Lipinski definition) is 4. The lowest BCUT2D eigenvalue weighted by Gasteiger charge is -2.16. The normalized spacial score (nSPS) is 15.8. The maximum absolute atomic E-state index is 12.6. The van der Waals surface area contributed by atoms with E-state index >= 15 is 0 Å². The third-order valence-electron chi connectivity index (χ3n) is 4.88. The van der Waals surface area contributed by atoms with Crippen molar-refractivity contribution >= 4 is 17.9 Å². The average molecular weight is 365 g/mol. The molecule has 0 bridgehead atoms. The van der Waals surface area contributed by atoms with E-state index in [1.54, 1.807) is 16.8 Å². The highest BCUT2D eigenvalue weighted by molar-refractivity contribution is 5.96. The fourth-order valence-electron chi connectivity index (χ4n) is 2.99. The Kier molecular flexibility index (Phi) is 4.75. The number of aromatic nitrogens is 3. The molecule has 1 heterocycles. The van der Waals surface area contributed by atoms with Crippen LogP contribution in [0.2, 0.25) is 0 Å². The van der Waals surface area contributed by atoms with Gasteiger partial charge in [0, 0.05) is 18.2 Å². The molecule has 0 radical (unpaired) electrons. The number of nitrogens with zero attached hydrogens (tertiary/aromatic N) is 3. The molecule has 2 N–H and O–H groups in total. The molecule has 140 valence electrons. The summed E-state index contributed by atoms with van der Waals surface area (Å²) in [4.78, 5) is 24.5. The molecule has 4 rings (SSSR count). The van der Waals surface area contributed by atoms with Crippen molar-refractivity contribution in [3.05, 3.63) is 46.8 Å². The van der Waals surface area contributed by atoms with E-state index in [1.165, 1.54) is 12.0 Å². The van der Waals surface area contributed by atoms with Crippen LogP contribution in [0.4, 0.5) is 0 Å². The van der Waals surface area contributed by atoms with Gasteiger partial charge >= 0.3 is 0 Å². The molecule has 0 unspecified atom stereocenters. The Bertz CT molecular complexity index is 888. The first-order chi connectivity index (χ1) is 13.2. The summed E-state index contributed by atoms with van der Waals surface area (Å²) in [6.45, 7) is 2.47. The minimum absolute atomic E-state index is 0.107. The molecule has 2 aliphatic carbocycles. The van der Waals surface area contributed by atoms with Gasteiger partial charge in [-0.25, -0.2) is 4.68 Å². The number of hydrogen-bond donors (Lipinski definition) is 2. The predicted molar refractivity (Wildman–Crippen MR) is 102 cm³/mol. The van der Waals surface area contributed by atoms with Gasteiger partial charge < -0.3 is 10.6 Å². The summed E-state index contributed by atoms with van der Waals surface area (Å²) in [6.07, 6.45) is 7.35. The summed E-state index contributed by atoms with van der Waals surface area (Å²) >= 11 is 0. The van der Waals surface area contributed by atoms with Crippen LogP contribution >= 0.6 is 0 Å². The lowest BCUT2D eigenvalue weighted by Crippen LogP contribution is -2.26. The fraction of sp³-hybridized carbons (Fsp3) is 0.400. The summed E-state index contributed by atoms with van der Waals surface area (Å²) in [5, 5.41) is 14.1. The molecule has 0 aliphatic heterocycles. The van der Waals surface area contributed by atoms with Crippen LogP contribution in [0.15, 0.2) is 29.8 Å². The molecule has 0 saturated heterocycles. The van der Waals surface area contributed by atoms with Crippen LogP contribution < -0.4 is 10.6 Å². The SMILES string of the molecule is CCNC(=O)c1ccc(-n2nnc(C(=O)NC3CC3)c2C=C2CCC2)cc1. The van der Waals surface area contributed by atoms with Gasteiger partial charge in [0.05, 0.1) is 5.69 Å². The zero-order chi connectivity index (χ0) is 18.8. The zero-order valence-corrected chi connectivity index (χ0v) is 15.4. The molecule has 1 aromatic heterocycles. The van der Waals surface area contributed by atoms with Crippen molar-refractivity contribution in [3.8, 4) is 5.69 Å². The van der Waals surface area contributed by atoms with Crippen LogP contribution in [0, 0.1) is 0 Å². The lowest BCUT2D eigenvalue weighted by atomic mass is 9.91. The van der Waals surface area contributed by atoms with Gasteiger partial charge in [-0.1, -0.05) is 10.8 Å². The molecular formula is C20H23N5O2. The van der Waals surface area contributed by atoms with Crippen molar-refractivity contribution in [2.45, 2.75) is 45.1 Å². The van der Waals surface area contributed by atoms with Crippen molar-refractivity contribution in [2.75, 3.05) is 6.54 Å². The first-order valence-electron chi connectivity index (χ1n) is 9.50. The van der Waals surface area contributed by atoms with E-state index < -0.39 is 0 Å². The largest absolute Gasteiger partial charge is 0.352 e. The molecule has 0 spiro atoms. The van der Waals surface area contributed by atoms with Gasteiger partial charge in [0.2, 0.25) is 0 Å². The standard InChI is InChI=1S/C20H23N5O2/c1-2-21-19(26)14-6-10-16(11-7-14)25-17(12-13-4-3-5-13)18(23-24-25)20(27)22-15-8-9-15/h6-7,10-12,15H,2-5,8-9H2,1H3,(H,21,26)(H,22,27). The number of benzene rings is 1. The minimum atomic E-state index is -0.172. The molecule has 7 nitrogen and oxygen atoms in total. The molecular weight excluding hydrogens is 342 g/mol. The van der Waals surface area contributed by atoms with E-state index in [-0.39, 0.29) is 17.9 Å². The van der Waals surface area contributed by atoms with Gasteiger partial charge in [0.15, 0.2) is 5.69 Å². The first-order valence-corrected chi connectivity index (χ1v) is 9.50. The monoisotopic (exact) mass is 365 g/mol. The number of amides is 2. The fourth-order valence-corrected chi connectivity index (χ4v) is 2.99. The average Bonchev–Trinajstić information content (AvgIpc) is 3.34. The van der Waals surface area contributed by atoms with Crippen molar-refractivity contribution in [2.24, 2.45) is 0 Å². The van der Waals surface area contributed by atoms with E-state index in [0.717, 1.165) is 31.4 Å². The smallest absolute Gasteiger partial charge is 0.274 e. The van der Waals surface area contributed by atoms with E-state index in [9.17, 15) is 9.59 Å². The number of carbonyl (C=O) groups excluding carboxylic acids is 2. The maximum atomic E-state index is 12.6. The van der Waals surface area contributed by atoms with E-state index in [1.807, 2.05) is 25.1 Å². The molecule has 0 atom stereocenters. The highest BCUT2D eigenvalue weighted by Crippen LogP contribution is 2.29. The van der Waals surface area contributed by atoms with E-state index in [0.29, 0.717) is 23.5 Å². The second kappa shape index (κ2) is 7.34. The Hall–Kier alpha value is -2.96. The molecule has 2 amide bonds. The highest BCUT2D eigenvalue weighted by atomic mass is 16.2. The van der Waals surface area contributed by atoms with Gasteiger partial charge in [0.1, 0.15) is 5.69 Å². The Morgan fingerprint density at radius 1 is 1.19 bits per heavy atom. The predicted octanol–water partition coefficient (Wildman–Crippen LogP) is 2.48. The Balaban J connectivity index is 1.66.